The number of aromatic nitrogens is 2. The van der Waals surface area contributed by atoms with Gasteiger partial charge in [-0.05, 0) is 25.5 Å². The highest BCUT2D eigenvalue weighted by atomic mass is 79.9. The van der Waals surface area contributed by atoms with Crippen LogP contribution in [0.4, 0.5) is 0 Å². The number of aryl methyl sites for hydroxylation is 1. The first kappa shape index (κ1) is 13.3. The van der Waals surface area contributed by atoms with Gasteiger partial charge in [-0.25, -0.2) is 4.98 Å². The Morgan fingerprint density at radius 3 is 2.83 bits per heavy atom. The number of hydrogen-bond donors (Lipinski definition) is 2. The van der Waals surface area contributed by atoms with E-state index in [0.29, 0.717) is 12.5 Å². The lowest BCUT2D eigenvalue weighted by Gasteiger charge is -2.07. The molecule has 0 saturated heterocycles. The molecule has 1 aromatic carbocycles. The van der Waals surface area contributed by atoms with Crippen LogP contribution in [0.25, 0.3) is 11.3 Å². The summed E-state index contributed by atoms with van der Waals surface area (Å²) in [4.78, 5) is 8.06. The summed E-state index contributed by atoms with van der Waals surface area (Å²) in [5, 5.41) is 0. The number of nitrogens with one attached hydrogen (secondary N) is 1. The quantitative estimate of drug-likeness (QED) is 0.906. The number of rotatable bonds is 4. The molecule has 1 heterocycles. The van der Waals surface area contributed by atoms with Crippen LogP contribution in [0.15, 0.2) is 28.7 Å². The Morgan fingerprint density at radius 2 is 2.22 bits per heavy atom. The third kappa shape index (κ3) is 2.65. The van der Waals surface area contributed by atoms with Crippen molar-refractivity contribution in [2.75, 3.05) is 6.54 Å². The lowest BCUT2D eigenvalue weighted by Crippen LogP contribution is -2.12. The molecule has 3 N–H and O–H groups in total. The summed E-state index contributed by atoms with van der Waals surface area (Å²) in [5.74, 6) is 1.30. The van der Waals surface area contributed by atoms with Crippen LogP contribution in [0.1, 0.15) is 30.8 Å². The third-order valence-electron chi connectivity index (χ3n) is 3.17. The van der Waals surface area contributed by atoms with Crippen molar-refractivity contribution < 1.29 is 0 Å². The van der Waals surface area contributed by atoms with E-state index in [2.05, 4.69) is 46.9 Å². The molecule has 2 rings (SSSR count). The zero-order chi connectivity index (χ0) is 13.1. The van der Waals surface area contributed by atoms with Gasteiger partial charge < -0.3 is 10.7 Å². The van der Waals surface area contributed by atoms with Crippen LogP contribution >= 0.6 is 15.9 Å². The molecular formula is C14H18BrN3. The van der Waals surface area contributed by atoms with Gasteiger partial charge in [-0.3, -0.25) is 0 Å². The van der Waals surface area contributed by atoms with E-state index < -0.39 is 0 Å². The minimum atomic E-state index is 0.310. The van der Waals surface area contributed by atoms with Gasteiger partial charge in [0.05, 0.1) is 5.69 Å². The number of benzene rings is 1. The van der Waals surface area contributed by atoms with Crippen molar-refractivity contribution in [3.8, 4) is 11.3 Å². The highest BCUT2D eigenvalue weighted by Gasteiger charge is 2.15. The molecule has 2 aromatic rings. The first-order valence-corrected chi connectivity index (χ1v) is 6.97. The van der Waals surface area contributed by atoms with Crippen LogP contribution in [-0.2, 0) is 0 Å². The lowest BCUT2D eigenvalue weighted by atomic mass is 10.1. The predicted molar refractivity (Wildman–Crippen MR) is 78.5 cm³/mol. The number of hydrogen-bond acceptors (Lipinski definition) is 2. The Hall–Kier alpha value is -1.13. The summed E-state index contributed by atoms with van der Waals surface area (Å²) in [5.41, 5.74) is 9.00. The minimum absolute atomic E-state index is 0.310. The Bertz CT molecular complexity index is 530. The molecule has 1 atom stereocenters. The van der Waals surface area contributed by atoms with Crippen LogP contribution in [0.3, 0.4) is 0 Å². The molecule has 0 aliphatic rings. The molecule has 0 saturated carbocycles. The van der Waals surface area contributed by atoms with Gasteiger partial charge in [-0.15, -0.1) is 0 Å². The highest BCUT2D eigenvalue weighted by molar-refractivity contribution is 9.10. The smallest absolute Gasteiger partial charge is 0.111 e. The van der Waals surface area contributed by atoms with Crippen molar-refractivity contribution in [1.29, 1.82) is 0 Å². The first-order valence-electron chi connectivity index (χ1n) is 6.18. The van der Waals surface area contributed by atoms with Gasteiger partial charge in [0.15, 0.2) is 0 Å². The Morgan fingerprint density at radius 1 is 1.44 bits per heavy atom. The fraction of sp³-hybridized carbons (Fsp3) is 0.357. The number of aromatic amines is 1. The maximum Gasteiger partial charge on any atom is 0.111 e. The minimum Gasteiger partial charge on any atom is -0.345 e. The fourth-order valence-corrected chi connectivity index (χ4v) is 2.46. The number of nitrogens with two attached hydrogens (primary N) is 1. The first-order chi connectivity index (χ1) is 8.65. The summed E-state index contributed by atoms with van der Waals surface area (Å²) in [6.07, 6.45) is 1.00. The Kier molecular flexibility index (Phi) is 4.19. The van der Waals surface area contributed by atoms with Gasteiger partial charge in [0.1, 0.15) is 5.82 Å². The lowest BCUT2D eigenvalue weighted by molar-refractivity contribution is 0.638. The predicted octanol–water partition coefficient (Wildman–Crippen LogP) is 3.60. The van der Waals surface area contributed by atoms with Crippen LogP contribution in [0.2, 0.25) is 0 Å². The topological polar surface area (TPSA) is 54.7 Å². The van der Waals surface area contributed by atoms with E-state index >= 15 is 0 Å². The molecule has 0 spiro atoms. The molecule has 96 valence electrons. The van der Waals surface area contributed by atoms with E-state index in [-0.39, 0.29) is 0 Å². The summed E-state index contributed by atoms with van der Waals surface area (Å²) < 4.78 is 1.06. The van der Waals surface area contributed by atoms with Crippen molar-refractivity contribution in [3.05, 3.63) is 40.3 Å². The summed E-state index contributed by atoms with van der Waals surface area (Å²) in [7, 11) is 0. The molecule has 1 unspecified atom stereocenters. The third-order valence-corrected chi connectivity index (χ3v) is 3.66. The van der Waals surface area contributed by atoms with E-state index in [1.165, 1.54) is 0 Å². The van der Waals surface area contributed by atoms with Gasteiger partial charge >= 0.3 is 0 Å². The molecule has 0 radical (unpaired) electrons. The number of halogens is 1. The average Bonchev–Trinajstić information content (AvgIpc) is 2.73. The van der Waals surface area contributed by atoms with Gasteiger partial charge in [-0.1, -0.05) is 35.0 Å². The van der Waals surface area contributed by atoms with Gasteiger partial charge in [0.25, 0.3) is 0 Å². The SMILES string of the molecule is CCC(CN)c1nc(-c2cccc(Br)c2)c(C)[nH]1. The zero-order valence-corrected chi connectivity index (χ0v) is 12.3. The summed E-state index contributed by atoms with van der Waals surface area (Å²) in [6.45, 7) is 4.81. The largest absolute Gasteiger partial charge is 0.345 e. The molecule has 3 nitrogen and oxygen atoms in total. The van der Waals surface area contributed by atoms with Gasteiger partial charge in [0.2, 0.25) is 0 Å². The van der Waals surface area contributed by atoms with E-state index in [4.69, 9.17) is 10.7 Å². The standard InChI is InChI=1S/C14H18BrN3/c1-3-10(8-16)14-17-9(2)13(18-14)11-5-4-6-12(15)7-11/h4-7,10H,3,8,16H2,1-2H3,(H,17,18). The highest BCUT2D eigenvalue weighted by Crippen LogP contribution is 2.26. The number of H-pyrrole nitrogens is 1. The second-order valence-electron chi connectivity index (χ2n) is 4.45. The molecule has 4 heteroatoms. The monoisotopic (exact) mass is 307 g/mol. The number of nitrogens with zero attached hydrogens (tertiary/aromatic N) is 1. The fourth-order valence-electron chi connectivity index (χ4n) is 2.07. The van der Waals surface area contributed by atoms with E-state index in [1.54, 1.807) is 0 Å². The molecule has 0 aliphatic heterocycles. The van der Waals surface area contributed by atoms with Crippen LogP contribution in [-0.4, -0.2) is 16.5 Å². The Balaban J connectivity index is 2.40. The van der Waals surface area contributed by atoms with Crippen LogP contribution < -0.4 is 5.73 Å². The maximum atomic E-state index is 5.77. The Labute approximate surface area is 116 Å². The molecule has 18 heavy (non-hydrogen) atoms. The summed E-state index contributed by atoms with van der Waals surface area (Å²) >= 11 is 3.49. The molecular weight excluding hydrogens is 290 g/mol. The van der Waals surface area contributed by atoms with Crippen molar-refractivity contribution >= 4 is 15.9 Å². The van der Waals surface area contributed by atoms with Crippen molar-refractivity contribution in [2.24, 2.45) is 5.73 Å². The molecule has 1 aromatic heterocycles. The molecule has 0 bridgehead atoms. The second-order valence-corrected chi connectivity index (χ2v) is 5.36. The molecule has 0 aliphatic carbocycles. The van der Waals surface area contributed by atoms with E-state index in [9.17, 15) is 0 Å². The van der Waals surface area contributed by atoms with Gasteiger partial charge in [0, 0.05) is 28.2 Å². The molecule has 0 amide bonds. The number of imidazole rings is 1. The second kappa shape index (κ2) is 5.67. The van der Waals surface area contributed by atoms with Crippen molar-refractivity contribution in [3.63, 3.8) is 0 Å². The van der Waals surface area contributed by atoms with Crippen molar-refractivity contribution in [1.82, 2.24) is 9.97 Å². The zero-order valence-electron chi connectivity index (χ0n) is 10.7. The van der Waals surface area contributed by atoms with Crippen molar-refractivity contribution in [2.45, 2.75) is 26.2 Å². The van der Waals surface area contributed by atoms with E-state index in [0.717, 1.165) is 33.7 Å². The van der Waals surface area contributed by atoms with Crippen LogP contribution in [0.5, 0.6) is 0 Å². The van der Waals surface area contributed by atoms with Crippen LogP contribution in [0, 0.1) is 6.92 Å². The van der Waals surface area contributed by atoms with E-state index in [1.807, 2.05) is 12.1 Å². The van der Waals surface area contributed by atoms with Gasteiger partial charge in [-0.2, -0.15) is 0 Å². The normalized spacial score (nSPS) is 12.7. The summed E-state index contributed by atoms with van der Waals surface area (Å²) in [6, 6.07) is 8.19. The molecule has 0 fully saturated rings. The average molecular weight is 308 g/mol. The maximum absolute atomic E-state index is 5.77.